The van der Waals surface area contributed by atoms with Crippen LogP contribution in [0.25, 0.3) is 32.8 Å². The Kier molecular flexibility index (Phi) is 7.47. The van der Waals surface area contributed by atoms with Gasteiger partial charge in [-0.3, -0.25) is 4.68 Å². The Morgan fingerprint density at radius 3 is 2.61 bits per heavy atom. The van der Waals surface area contributed by atoms with Crippen LogP contribution < -0.4 is 4.74 Å². The van der Waals surface area contributed by atoms with Crippen LogP contribution in [0.2, 0.25) is 0 Å². The minimum absolute atomic E-state index is 0. The second-order valence-electron chi connectivity index (χ2n) is 9.26. The lowest BCUT2D eigenvalue weighted by Gasteiger charge is -2.10. The van der Waals surface area contributed by atoms with Gasteiger partial charge in [0.15, 0.2) is 0 Å². The molecule has 0 fully saturated rings. The predicted molar refractivity (Wildman–Crippen MR) is 152 cm³/mol. The van der Waals surface area contributed by atoms with Gasteiger partial charge in [-0.1, -0.05) is 61.5 Å². The van der Waals surface area contributed by atoms with Crippen molar-refractivity contribution in [3.05, 3.63) is 83.3 Å². The van der Waals surface area contributed by atoms with Gasteiger partial charge in [-0.25, -0.2) is 4.79 Å². The number of aliphatic hydroxyl groups excluding tert-OH is 1. The molecule has 0 bridgehead atoms. The van der Waals surface area contributed by atoms with Gasteiger partial charge < -0.3 is 19.6 Å². The van der Waals surface area contributed by atoms with E-state index in [1.807, 2.05) is 54.2 Å². The van der Waals surface area contributed by atoms with Gasteiger partial charge in [0.05, 0.1) is 31.0 Å². The predicted octanol–water partition coefficient (Wildman–Crippen LogP) is 6.21. The van der Waals surface area contributed by atoms with Crippen molar-refractivity contribution in [2.45, 2.75) is 39.7 Å². The molecule has 0 aliphatic heterocycles. The molecule has 38 heavy (non-hydrogen) atoms. The zero-order valence-corrected chi connectivity index (χ0v) is 22.1. The van der Waals surface area contributed by atoms with Crippen LogP contribution >= 0.6 is 0 Å². The molecule has 0 spiro atoms. The number of fused-ring (bicyclic) bond motifs is 2. The number of H-pyrrole nitrogens is 1. The smallest absolute Gasteiger partial charge is 0.355 e. The first-order valence-corrected chi connectivity index (χ1v) is 13.1. The number of aliphatic hydroxyl groups is 1. The number of rotatable bonds is 10. The van der Waals surface area contributed by atoms with Gasteiger partial charge in [0.2, 0.25) is 0 Å². The fourth-order valence-electron chi connectivity index (χ4n) is 5.32. The highest BCUT2D eigenvalue weighted by molar-refractivity contribution is 6.04. The molecule has 5 aromatic rings. The molecule has 7 nitrogen and oxygen atoms in total. The van der Waals surface area contributed by atoms with Crippen molar-refractivity contribution in [2.75, 3.05) is 13.2 Å². The van der Waals surface area contributed by atoms with Crippen LogP contribution in [0.15, 0.2) is 60.7 Å². The van der Waals surface area contributed by atoms with Gasteiger partial charge in [0.25, 0.3) is 0 Å². The van der Waals surface area contributed by atoms with Crippen LogP contribution in [0.3, 0.4) is 0 Å². The molecule has 0 radical (unpaired) electrons. The van der Waals surface area contributed by atoms with Gasteiger partial charge in [0, 0.05) is 36.1 Å². The largest absolute Gasteiger partial charge is 0.493 e. The third kappa shape index (κ3) is 4.65. The summed E-state index contributed by atoms with van der Waals surface area (Å²) in [6, 6.07) is 20.3. The number of carbonyl (C=O) groups excluding carboxylic acids is 1. The highest BCUT2D eigenvalue weighted by Gasteiger charge is 2.24. The van der Waals surface area contributed by atoms with Crippen LogP contribution in [-0.2, 0) is 31.2 Å². The molecule has 3 aromatic carbocycles. The summed E-state index contributed by atoms with van der Waals surface area (Å²) in [5.41, 5.74) is 5.69. The number of aromatic amines is 1. The van der Waals surface area contributed by atoms with Crippen molar-refractivity contribution in [2.24, 2.45) is 7.05 Å². The van der Waals surface area contributed by atoms with E-state index in [0.29, 0.717) is 31.0 Å². The molecule has 2 heterocycles. The number of aryl methyl sites for hydroxylation is 2. The molecule has 198 valence electrons. The molecule has 0 amide bonds. The minimum atomic E-state index is -0.371. The lowest BCUT2D eigenvalue weighted by molar-refractivity contribution is 0.0519. The molecule has 0 aliphatic carbocycles. The Bertz CT molecular complexity index is 1600. The van der Waals surface area contributed by atoms with E-state index in [0.717, 1.165) is 62.7 Å². The van der Waals surface area contributed by atoms with Crippen LogP contribution in [0.5, 0.6) is 5.75 Å². The zero-order chi connectivity index (χ0) is 26.6. The first kappa shape index (κ1) is 25.5. The average molecular weight is 514 g/mol. The summed E-state index contributed by atoms with van der Waals surface area (Å²) < 4.78 is 13.4. The first-order valence-electron chi connectivity index (χ1n) is 13.1. The lowest BCUT2D eigenvalue weighted by Crippen LogP contribution is -2.09. The highest BCUT2D eigenvalue weighted by Crippen LogP contribution is 2.36. The quantitative estimate of drug-likeness (QED) is 0.171. The summed E-state index contributed by atoms with van der Waals surface area (Å²) >= 11 is 0. The van der Waals surface area contributed by atoms with Crippen molar-refractivity contribution in [3.8, 4) is 16.9 Å². The second kappa shape index (κ2) is 11.1. The van der Waals surface area contributed by atoms with E-state index < -0.39 is 0 Å². The van der Waals surface area contributed by atoms with Gasteiger partial charge in [0.1, 0.15) is 11.4 Å². The number of carbonyl (C=O) groups is 1. The van der Waals surface area contributed by atoms with E-state index >= 15 is 0 Å². The van der Waals surface area contributed by atoms with Crippen LogP contribution in [0.4, 0.5) is 0 Å². The minimum Gasteiger partial charge on any atom is -0.493 e. The molecular formula is C31H35N3O4. The molecule has 7 heteroatoms. The van der Waals surface area contributed by atoms with Crippen LogP contribution in [0, 0.1) is 0 Å². The number of para-hydroxylation sites is 1. The number of aromatic nitrogens is 3. The third-order valence-corrected chi connectivity index (χ3v) is 6.99. The summed E-state index contributed by atoms with van der Waals surface area (Å²) in [5.74, 6) is 0.485. The molecule has 2 aromatic heterocycles. The van der Waals surface area contributed by atoms with Gasteiger partial charge in [-0.2, -0.15) is 5.10 Å². The maximum atomic E-state index is 13.0. The molecule has 0 saturated heterocycles. The van der Waals surface area contributed by atoms with E-state index in [2.05, 4.69) is 35.2 Å². The van der Waals surface area contributed by atoms with Crippen molar-refractivity contribution in [1.29, 1.82) is 0 Å². The molecule has 0 aliphatic rings. The molecule has 2 N–H and O–H groups in total. The van der Waals surface area contributed by atoms with E-state index in [1.165, 1.54) is 0 Å². The monoisotopic (exact) mass is 513 g/mol. The SMILES string of the molecule is CCOC(=O)c1[nH]c2c(-c3c(CO)nn(C)c3CC)cccc2c1CCCOc1cccc2ccccc12.[HH]. The second-order valence-corrected chi connectivity index (χ2v) is 9.26. The number of ether oxygens (including phenoxy) is 2. The van der Waals surface area contributed by atoms with Crippen molar-refractivity contribution in [3.63, 3.8) is 0 Å². The normalized spacial score (nSPS) is 11.4. The van der Waals surface area contributed by atoms with E-state index in [-0.39, 0.29) is 14.0 Å². The fourth-order valence-corrected chi connectivity index (χ4v) is 5.32. The Hall–Kier alpha value is -4.10. The van der Waals surface area contributed by atoms with E-state index in [4.69, 9.17) is 9.47 Å². The average Bonchev–Trinajstić information content (AvgIpc) is 3.48. The van der Waals surface area contributed by atoms with Crippen molar-refractivity contribution in [1.82, 2.24) is 14.8 Å². The van der Waals surface area contributed by atoms with Crippen molar-refractivity contribution >= 4 is 27.6 Å². The Labute approximate surface area is 223 Å². The number of esters is 1. The summed E-state index contributed by atoms with van der Waals surface area (Å²) in [6.07, 6.45) is 2.13. The number of nitrogens with zero attached hydrogens (tertiary/aromatic N) is 2. The Morgan fingerprint density at radius 2 is 1.82 bits per heavy atom. The standard InChI is InChI=1S/C31H33N3O4.H2/c1-4-26-28(25(19-35)33-34(26)3)24-15-9-14-22-23(30(32-29(22)24)31(36)37-5-2)16-10-18-38-27-17-8-12-20-11-6-7-13-21(20)27;/h6-9,11-15,17,32,35H,4-5,10,16,18-19H2,1-3H3;1H. The fraction of sp³-hybridized carbons (Fsp3) is 0.290. The summed E-state index contributed by atoms with van der Waals surface area (Å²) in [6.45, 7) is 4.52. The zero-order valence-electron chi connectivity index (χ0n) is 22.1. The van der Waals surface area contributed by atoms with Gasteiger partial charge in [-0.15, -0.1) is 0 Å². The highest BCUT2D eigenvalue weighted by atomic mass is 16.5. The van der Waals surface area contributed by atoms with Gasteiger partial charge >= 0.3 is 5.97 Å². The van der Waals surface area contributed by atoms with E-state index in [1.54, 1.807) is 6.92 Å². The molecule has 5 rings (SSSR count). The summed E-state index contributed by atoms with van der Waals surface area (Å²) in [7, 11) is 1.89. The van der Waals surface area contributed by atoms with Crippen LogP contribution in [0.1, 0.15) is 49.1 Å². The number of nitrogens with one attached hydrogen (secondary N) is 1. The maximum absolute atomic E-state index is 13.0. The molecule has 0 saturated carbocycles. The maximum Gasteiger partial charge on any atom is 0.355 e. The third-order valence-electron chi connectivity index (χ3n) is 6.99. The number of hydrogen-bond donors (Lipinski definition) is 2. The Balaban J connectivity index is 0.00000353. The molecular weight excluding hydrogens is 478 g/mol. The van der Waals surface area contributed by atoms with E-state index in [9.17, 15) is 9.90 Å². The molecule has 0 unspecified atom stereocenters. The Morgan fingerprint density at radius 1 is 1.05 bits per heavy atom. The van der Waals surface area contributed by atoms with Gasteiger partial charge in [-0.05, 0) is 43.2 Å². The summed E-state index contributed by atoms with van der Waals surface area (Å²) in [4.78, 5) is 16.4. The number of hydrogen-bond acceptors (Lipinski definition) is 5. The van der Waals surface area contributed by atoms with Crippen LogP contribution in [-0.4, -0.2) is 39.1 Å². The van der Waals surface area contributed by atoms with Crippen molar-refractivity contribution < 1.29 is 20.8 Å². The lowest BCUT2D eigenvalue weighted by atomic mass is 9.97. The molecule has 0 atom stereocenters. The first-order chi connectivity index (χ1) is 18.6. The summed E-state index contributed by atoms with van der Waals surface area (Å²) in [5, 5.41) is 17.8. The topological polar surface area (TPSA) is 89.4 Å². The number of benzene rings is 3.